The molecular formula is C20H32ClN5O4. The van der Waals surface area contributed by atoms with Gasteiger partial charge in [-0.1, -0.05) is 32.0 Å². The first-order valence-electron chi connectivity index (χ1n) is 9.60. The molecule has 0 aromatic heterocycles. The van der Waals surface area contributed by atoms with Crippen LogP contribution in [0.25, 0.3) is 0 Å². The summed E-state index contributed by atoms with van der Waals surface area (Å²) in [4.78, 5) is 40.2. The molecular weight excluding hydrogens is 410 g/mol. The number of aldehydes is 1. The first kappa shape index (κ1) is 27.2. The summed E-state index contributed by atoms with van der Waals surface area (Å²) in [6, 6.07) is 5.05. The van der Waals surface area contributed by atoms with Gasteiger partial charge in [-0.2, -0.15) is 0 Å². The van der Waals surface area contributed by atoms with Crippen LogP contribution in [0.4, 0.5) is 0 Å². The Morgan fingerprint density at radius 2 is 1.87 bits per heavy atom. The molecule has 30 heavy (non-hydrogen) atoms. The molecule has 1 aromatic carbocycles. The Hall–Kier alpha value is -2.81. The third-order valence-corrected chi connectivity index (χ3v) is 4.16. The van der Waals surface area contributed by atoms with E-state index in [2.05, 4.69) is 15.6 Å². The summed E-state index contributed by atoms with van der Waals surface area (Å²) in [6.45, 7) is 4.22. The van der Waals surface area contributed by atoms with E-state index in [1.54, 1.807) is 18.2 Å². The van der Waals surface area contributed by atoms with Crippen LogP contribution in [0.2, 0.25) is 0 Å². The Kier molecular flexibility index (Phi) is 12.9. The zero-order chi connectivity index (χ0) is 21.8. The van der Waals surface area contributed by atoms with E-state index in [4.69, 9.17) is 11.5 Å². The molecule has 168 valence electrons. The van der Waals surface area contributed by atoms with Crippen molar-refractivity contribution in [3.05, 3.63) is 29.8 Å². The molecule has 0 fully saturated rings. The van der Waals surface area contributed by atoms with Crippen molar-refractivity contribution in [2.75, 3.05) is 6.54 Å². The fourth-order valence-corrected chi connectivity index (χ4v) is 2.76. The molecule has 9 nitrogen and oxygen atoms in total. The largest absolute Gasteiger partial charge is 0.508 e. The Balaban J connectivity index is 0.00000841. The number of aliphatic imine (C=N–C) groups is 1. The quantitative estimate of drug-likeness (QED) is 0.138. The number of halogens is 1. The SMILES string of the molecule is CC(C)C[C@H](NC(=O)Cc1ccccc1O)C(=O)N[C@H](C=O)CCCN=C(N)N.Cl. The number of nitrogens with zero attached hydrogens (tertiary/aromatic N) is 1. The minimum Gasteiger partial charge on any atom is -0.508 e. The number of rotatable bonds is 12. The highest BCUT2D eigenvalue weighted by Gasteiger charge is 2.24. The zero-order valence-corrected chi connectivity index (χ0v) is 18.2. The van der Waals surface area contributed by atoms with E-state index in [0.29, 0.717) is 37.7 Å². The zero-order valence-electron chi connectivity index (χ0n) is 17.3. The Bertz CT molecular complexity index is 723. The van der Waals surface area contributed by atoms with Gasteiger partial charge in [0.1, 0.15) is 18.1 Å². The van der Waals surface area contributed by atoms with Crippen molar-refractivity contribution in [3.8, 4) is 5.75 Å². The Morgan fingerprint density at radius 1 is 1.20 bits per heavy atom. The lowest BCUT2D eigenvalue weighted by Gasteiger charge is -2.22. The fourth-order valence-electron chi connectivity index (χ4n) is 2.76. The van der Waals surface area contributed by atoms with Gasteiger partial charge in [-0.05, 0) is 31.2 Å². The van der Waals surface area contributed by atoms with Crippen molar-refractivity contribution >= 4 is 36.5 Å². The summed E-state index contributed by atoms with van der Waals surface area (Å²) in [7, 11) is 0. The van der Waals surface area contributed by atoms with Gasteiger partial charge in [0.25, 0.3) is 0 Å². The molecule has 0 radical (unpaired) electrons. The first-order chi connectivity index (χ1) is 13.7. The van der Waals surface area contributed by atoms with Crippen LogP contribution in [0.1, 0.15) is 38.7 Å². The van der Waals surface area contributed by atoms with Crippen LogP contribution in [0.5, 0.6) is 5.75 Å². The number of aromatic hydroxyl groups is 1. The summed E-state index contributed by atoms with van der Waals surface area (Å²) < 4.78 is 0. The monoisotopic (exact) mass is 441 g/mol. The lowest BCUT2D eigenvalue weighted by Crippen LogP contribution is -2.51. The summed E-state index contributed by atoms with van der Waals surface area (Å²) in [5.41, 5.74) is 11.0. The van der Waals surface area contributed by atoms with Gasteiger partial charge in [0, 0.05) is 12.1 Å². The predicted octanol–water partition coefficient (Wildman–Crippen LogP) is 0.625. The third-order valence-electron chi connectivity index (χ3n) is 4.16. The van der Waals surface area contributed by atoms with E-state index in [1.165, 1.54) is 6.07 Å². The van der Waals surface area contributed by atoms with Crippen LogP contribution in [-0.4, -0.2) is 47.8 Å². The maximum Gasteiger partial charge on any atom is 0.243 e. The highest BCUT2D eigenvalue weighted by atomic mass is 35.5. The second kappa shape index (κ2) is 14.2. The summed E-state index contributed by atoms with van der Waals surface area (Å²) >= 11 is 0. The topological polar surface area (TPSA) is 160 Å². The molecule has 7 N–H and O–H groups in total. The van der Waals surface area contributed by atoms with E-state index in [-0.39, 0.29) is 42.4 Å². The number of phenols is 1. The second-order valence-corrected chi connectivity index (χ2v) is 7.26. The highest BCUT2D eigenvalue weighted by molar-refractivity contribution is 5.89. The molecule has 10 heteroatoms. The summed E-state index contributed by atoms with van der Waals surface area (Å²) in [6.07, 6.45) is 1.92. The van der Waals surface area contributed by atoms with Gasteiger partial charge < -0.3 is 32.0 Å². The van der Waals surface area contributed by atoms with Crippen LogP contribution in [0, 0.1) is 5.92 Å². The van der Waals surface area contributed by atoms with Gasteiger partial charge >= 0.3 is 0 Å². The van der Waals surface area contributed by atoms with Crippen molar-refractivity contribution in [1.82, 2.24) is 10.6 Å². The van der Waals surface area contributed by atoms with Crippen molar-refractivity contribution in [3.63, 3.8) is 0 Å². The molecule has 1 aromatic rings. The number of amides is 2. The number of hydrogen-bond donors (Lipinski definition) is 5. The van der Waals surface area contributed by atoms with Gasteiger partial charge in [0.15, 0.2) is 5.96 Å². The predicted molar refractivity (Wildman–Crippen MR) is 118 cm³/mol. The summed E-state index contributed by atoms with van der Waals surface area (Å²) in [5.74, 6) is -0.672. The average Bonchev–Trinajstić information content (AvgIpc) is 2.64. The smallest absolute Gasteiger partial charge is 0.243 e. The van der Waals surface area contributed by atoms with Gasteiger partial charge in [-0.15, -0.1) is 12.4 Å². The van der Waals surface area contributed by atoms with E-state index >= 15 is 0 Å². The maximum atomic E-state index is 12.6. The van der Waals surface area contributed by atoms with Crippen molar-refractivity contribution in [2.24, 2.45) is 22.4 Å². The van der Waals surface area contributed by atoms with Crippen LogP contribution >= 0.6 is 12.4 Å². The maximum absolute atomic E-state index is 12.6. The van der Waals surface area contributed by atoms with Crippen molar-refractivity contribution in [2.45, 2.75) is 51.6 Å². The van der Waals surface area contributed by atoms with E-state index < -0.39 is 18.0 Å². The highest BCUT2D eigenvalue weighted by Crippen LogP contribution is 2.16. The molecule has 0 saturated heterocycles. The fraction of sp³-hybridized carbons (Fsp3) is 0.500. The number of para-hydroxylation sites is 1. The minimum atomic E-state index is -0.784. The average molecular weight is 442 g/mol. The number of carbonyl (C=O) groups is 3. The van der Waals surface area contributed by atoms with Gasteiger partial charge in [-0.25, -0.2) is 0 Å². The van der Waals surface area contributed by atoms with Gasteiger partial charge in [0.05, 0.1) is 12.5 Å². The third kappa shape index (κ3) is 10.7. The second-order valence-electron chi connectivity index (χ2n) is 7.26. The molecule has 2 atom stereocenters. The van der Waals surface area contributed by atoms with Crippen LogP contribution in [0.15, 0.2) is 29.3 Å². The van der Waals surface area contributed by atoms with Gasteiger partial charge in [-0.3, -0.25) is 14.6 Å². The number of carbonyl (C=O) groups excluding carboxylic acids is 3. The normalized spacial score (nSPS) is 12.2. The lowest BCUT2D eigenvalue weighted by molar-refractivity contribution is -0.130. The molecule has 1 rings (SSSR count). The number of benzene rings is 1. The number of phenolic OH excluding ortho intramolecular Hbond substituents is 1. The number of hydrogen-bond acceptors (Lipinski definition) is 5. The van der Waals surface area contributed by atoms with Crippen molar-refractivity contribution < 1.29 is 19.5 Å². The Labute approximate surface area is 183 Å². The minimum absolute atomic E-state index is 0. The molecule has 0 saturated carbocycles. The number of nitrogens with two attached hydrogens (primary N) is 2. The molecule has 0 bridgehead atoms. The Morgan fingerprint density at radius 3 is 2.43 bits per heavy atom. The van der Waals surface area contributed by atoms with Crippen molar-refractivity contribution in [1.29, 1.82) is 0 Å². The number of guanidine groups is 1. The molecule has 0 spiro atoms. The van der Waals surface area contributed by atoms with E-state index in [1.807, 2.05) is 13.8 Å². The molecule has 0 unspecified atom stereocenters. The van der Waals surface area contributed by atoms with Crippen LogP contribution < -0.4 is 22.1 Å². The van der Waals surface area contributed by atoms with Gasteiger partial charge in [0.2, 0.25) is 11.8 Å². The van der Waals surface area contributed by atoms with E-state index in [9.17, 15) is 19.5 Å². The van der Waals surface area contributed by atoms with Crippen LogP contribution in [0.3, 0.4) is 0 Å². The summed E-state index contributed by atoms with van der Waals surface area (Å²) in [5, 5.41) is 15.2. The van der Waals surface area contributed by atoms with Crippen LogP contribution in [-0.2, 0) is 20.8 Å². The van der Waals surface area contributed by atoms with E-state index in [0.717, 1.165) is 0 Å². The first-order valence-corrected chi connectivity index (χ1v) is 9.60. The lowest BCUT2D eigenvalue weighted by atomic mass is 10.0. The molecule has 2 amide bonds. The number of nitrogens with one attached hydrogen (secondary N) is 2. The molecule has 0 heterocycles. The molecule has 0 aliphatic carbocycles. The standard InChI is InChI=1S/C20H31N5O4.ClH/c1-13(2)10-16(25-18(28)11-14-6-3-4-8-17(14)27)19(29)24-15(12-26)7-5-9-23-20(21)22;/h3-4,6,8,12-13,15-16,27H,5,7,9-11H2,1-2H3,(H,24,29)(H,25,28)(H4,21,22,23);1H/t15-,16-;/m0./s1. The molecule has 0 aliphatic rings. The molecule has 0 aliphatic heterocycles.